The molecule has 1 fully saturated rings. The third-order valence-corrected chi connectivity index (χ3v) is 4.96. The maximum absolute atomic E-state index is 12.5. The van der Waals surface area contributed by atoms with Crippen LogP contribution in [0, 0.1) is 6.92 Å². The highest BCUT2D eigenvalue weighted by Gasteiger charge is 2.26. The van der Waals surface area contributed by atoms with Crippen molar-refractivity contribution in [3.8, 4) is 0 Å². The van der Waals surface area contributed by atoms with Crippen molar-refractivity contribution in [1.82, 2.24) is 10.2 Å². The molecule has 0 spiro atoms. The van der Waals surface area contributed by atoms with Crippen LogP contribution in [-0.2, 0) is 0 Å². The molecule has 1 N–H and O–H groups in total. The van der Waals surface area contributed by atoms with E-state index in [2.05, 4.69) is 5.32 Å². The Balaban J connectivity index is 1.41. The van der Waals surface area contributed by atoms with Gasteiger partial charge in [-0.2, -0.15) is 0 Å². The predicted molar refractivity (Wildman–Crippen MR) is 102 cm³/mol. The van der Waals surface area contributed by atoms with Gasteiger partial charge in [-0.3, -0.25) is 14.4 Å². The minimum absolute atomic E-state index is 0.00422. The number of fused-ring (bicyclic) bond motifs is 1. The van der Waals surface area contributed by atoms with Crippen LogP contribution in [0.2, 0.25) is 0 Å². The number of piperidine rings is 1. The second-order valence-corrected chi connectivity index (χ2v) is 6.99. The van der Waals surface area contributed by atoms with Gasteiger partial charge in [-0.15, -0.1) is 0 Å². The molecule has 3 aromatic rings. The molecule has 1 aliphatic heterocycles. The molecule has 144 valence electrons. The standard InChI is InChI=1S/C21H20N2O5/c1-13-4-5-17-15(11-13)16(24)12-19(28-17)20(25)22-14-6-8-23(9-7-14)21(26)18-3-2-10-27-18/h2-5,10-12,14H,6-9H2,1H3,(H,22,25). The van der Waals surface area contributed by atoms with E-state index in [9.17, 15) is 14.4 Å². The van der Waals surface area contributed by atoms with Crippen molar-refractivity contribution < 1.29 is 18.4 Å². The second-order valence-electron chi connectivity index (χ2n) is 6.99. The van der Waals surface area contributed by atoms with E-state index in [4.69, 9.17) is 8.83 Å². The van der Waals surface area contributed by atoms with Crippen LogP contribution in [-0.4, -0.2) is 35.8 Å². The van der Waals surface area contributed by atoms with Crippen molar-refractivity contribution in [2.45, 2.75) is 25.8 Å². The van der Waals surface area contributed by atoms with Crippen molar-refractivity contribution in [3.63, 3.8) is 0 Å². The number of furan rings is 1. The Bertz CT molecular complexity index is 1080. The van der Waals surface area contributed by atoms with Crippen molar-refractivity contribution in [2.75, 3.05) is 13.1 Å². The van der Waals surface area contributed by atoms with Crippen LogP contribution in [0.3, 0.4) is 0 Å². The smallest absolute Gasteiger partial charge is 0.289 e. The zero-order valence-electron chi connectivity index (χ0n) is 15.4. The van der Waals surface area contributed by atoms with E-state index in [0.717, 1.165) is 5.56 Å². The van der Waals surface area contributed by atoms with Crippen LogP contribution < -0.4 is 10.7 Å². The Labute approximate surface area is 160 Å². The summed E-state index contributed by atoms with van der Waals surface area (Å²) in [5, 5.41) is 3.36. The van der Waals surface area contributed by atoms with Crippen molar-refractivity contribution in [1.29, 1.82) is 0 Å². The molecule has 0 radical (unpaired) electrons. The van der Waals surface area contributed by atoms with Crippen LogP contribution in [0.15, 0.2) is 56.3 Å². The lowest BCUT2D eigenvalue weighted by molar-refractivity contribution is 0.0665. The van der Waals surface area contributed by atoms with Gasteiger partial charge in [0.15, 0.2) is 16.9 Å². The molecule has 7 nitrogen and oxygen atoms in total. The first kappa shape index (κ1) is 18.0. The second kappa shape index (κ2) is 7.34. The normalized spacial score (nSPS) is 15.0. The highest BCUT2D eigenvalue weighted by atomic mass is 16.3. The fraction of sp³-hybridized carbons (Fsp3) is 0.286. The van der Waals surface area contributed by atoms with E-state index in [0.29, 0.717) is 42.7 Å². The molecule has 2 aromatic heterocycles. The summed E-state index contributed by atoms with van der Waals surface area (Å²) < 4.78 is 10.8. The molecule has 1 saturated heterocycles. The summed E-state index contributed by atoms with van der Waals surface area (Å²) in [4.78, 5) is 38.8. The summed E-state index contributed by atoms with van der Waals surface area (Å²) >= 11 is 0. The number of rotatable bonds is 3. The van der Waals surface area contributed by atoms with Crippen molar-refractivity contribution >= 4 is 22.8 Å². The van der Waals surface area contributed by atoms with Gasteiger partial charge >= 0.3 is 0 Å². The summed E-state index contributed by atoms with van der Waals surface area (Å²) in [6.45, 7) is 2.93. The predicted octanol–water partition coefficient (Wildman–Crippen LogP) is 2.73. The highest BCUT2D eigenvalue weighted by molar-refractivity contribution is 5.93. The topological polar surface area (TPSA) is 92.8 Å². The van der Waals surface area contributed by atoms with E-state index in [1.54, 1.807) is 29.2 Å². The number of likely N-dealkylation sites (tertiary alicyclic amines) is 1. The summed E-state index contributed by atoms with van der Waals surface area (Å²) in [5.74, 6) is -0.257. The Kier molecular flexibility index (Phi) is 4.73. The first-order valence-corrected chi connectivity index (χ1v) is 9.19. The highest BCUT2D eigenvalue weighted by Crippen LogP contribution is 2.17. The number of nitrogens with zero attached hydrogens (tertiary/aromatic N) is 1. The van der Waals surface area contributed by atoms with Gasteiger partial charge in [0.2, 0.25) is 0 Å². The first-order valence-electron chi connectivity index (χ1n) is 9.19. The third-order valence-electron chi connectivity index (χ3n) is 4.96. The Morgan fingerprint density at radius 3 is 2.61 bits per heavy atom. The third kappa shape index (κ3) is 3.55. The largest absolute Gasteiger partial charge is 0.459 e. The number of nitrogens with one attached hydrogen (secondary N) is 1. The summed E-state index contributed by atoms with van der Waals surface area (Å²) in [6.07, 6.45) is 2.71. The maximum atomic E-state index is 12.5. The van der Waals surface area contributed by atoms with Crippen molar-refractivity contribution in [3.05, 3.63) is 70.0 Å². The van der Waals surface area contributed by atoms with Gasteiger partial charge in [-0.05, 0) is 44.0 Å². The molecule has 28 heavy (non-hydrogen) atoms. The number of amides is 2. The van der Waals surface area contributed by atoms with Crippen LogP contribution in [0.4, 0.5) is 0 Å². The molecule has 4 rings (SSSR count). The van der Waals surface area contributed by atoms with E-state index in [1.807, 2.05) is 13.0 Å². The molecule has 0 atom stereocenters. The van der Waals surface area contributed by atoms with E-state index in [-0.39, 0.29) is 23.1 Å². The maximum Gasteiger partial charge on any atom is 0.289 e. The number of benzene rings is 1. The monoisotopic (exact) mass is 380 g/mol. The molecule has 3 heterocycles. The zero-order chi connectivity index (χ0) is 19.7. The molecule has 0 unspecified atom stereocenters. The van der Waals surface area contributed by atoms with Gasteiger partial charge < -0.3 is 19.1 Å². The average Bonchev–Trinajstić information content (AvgIpc) is 3.23. The quantitative estimate of drug-likeness (QED) is 0.754. The SMILES string of the molecule is Cc1ccc2oc(C(=O)NC3CCN(C(=O)c4ccco4)CC3)cc(=O)c2c1. The van der Waals surface area contributed by atoms with Crippen LogP contribution >= 0.6 is 0 Å². The molecule has 0 bridgehead atoms. The molecule has 1 aromatic carbocycles. The summed E-state index contributed by atoms with van der Waals surface area (Å²) in [6, 6.07) is 9.73. The average molecular weight is 380 g/mol. The minimum atomic E-state index is -0.421. The molecule has 0 aliphatic carbocycles. The van der Waals surface area contributed by atoms with E-state index >= 15 is 0 Å². The van der Waals surface area contributed by atoms with Crippen LogP contribution in [0.5, 0.6) is 0 Å². The molecule has 1 aliphatic rings. The van der Waals surface area contributed by atoms with E-state index < -0.39 is 5.91 Å². The van der Waals surface area contributed by atoms with Gasteiger partial charge in [-0.25, -0.2) is 0 Å². The number of hydrogen-bond donors (Lipinski definition) is 1. The van der Waals surface area contributed by atoms with Crippen LogP contribution in [0.1, 0.15) is 39.5 Å². The van der Waals surface area contributed by atoms with Crippen molar-refractivity contribution in [2.24, 2.45) is 0 Å². The van der Waals surface area contributed by atoms with E-state index in [1.165, 1.54) is 12.3 Å². The minimum Gasteiger partial charge on any atom is -0.459 e. The number of carbonyl (C=O) groups is 2. The zero-order valence-corrected chi connectivity index (χ0v) is 15.4. The van der Waals surface area contributed by atoms with Gasteiger partial charge in [0.25, 0.3) is 11.8 Å². The molecule has 0 saturated carbocycles. The lowest BCUT2D eigenvalue weighted by Gasteiger charge is -2.31. The Morgan fingerprint density at radius 2 is 1.89 bits per heavy atom. The fourth-order valence-corrected chi connectivity index (χ4v) is 3.42. The lowest BCUT2D eigenvalue weighted by atomic mass is 10.0. The molecular formula is C21H20N2O5. The molecule has 7 heteroatoms. The fourth-order valence-electron chi connectivity index (χ4n) is 3.42. The number of hydrogen-bond acceptors (Lipinski definition) is 5. The Hall–Kier alpha value is -3.35. The van der Waals surface area contributed by atoms with Gasteiger partial charge in [0.05, 0.1) is 11.6 Å². The van der Waals surface area contributed by atoms with Gasteiger partial charge in [0, 0.05) is 25.2 Å². The lowest BCUT2D eigenvalue weighted by Crippen LogP contribution is -2.46. The Morgan fingerprint density at radius 1 is 1.11 bits per heavy atom. The first-order chi connectivity index (χ1) is 13.5. The van der Waals surface area contributed by atoms with Gasteiger partial charge in [0.1, 0.15) is 5.58 Å². The van der Waals surface area contributed by atoms with Crippen LogP contribution in [0.25, 0.3) is 11.0 Å². The molecular weight excluding hydrogens is 360 g/mol. The summed E-state index contributed by atoms with van der Waals surface area (Å²) in [7, 11) is 0. The molecule has 2 amide bonds. The van der Waals surface area contributed by atoms with Gasteiger partial charge in [-0.1, -0.05) is 11.6 Å². The summed E-state index contributed by atoms with van der Waals surface area (Å²) in [5.41, 5.74) is 1.10. The number of carbonyl (C=O) groups excluding carboxylic acids is 2. The number of aryl methyl sites for hydroxylation is 1.